The molecule has 0 bridgehead atoms. The fourth-order valence-corrected chi connectivity index (χ4v) is 3.76. The summed E-state index contributed by atoms with van der Waals surface area (Å²) < 4.78 is 0. The number of carbonyl (C=O) groups excluding carboxylic acids is 1. The van der Waals surface area contributed by atoms with Crippen LogP contribution in [0, 0.1) is 6.92 Å². The molecule has 1 aliphatic rings. The lowest BCUT2D eigenvalue weighted by atomic mass is 9.84. The zero-order valence-electron chi connectivity index (χ0n) is 14.0. The molecule has 1 aromatic heterocycles. The molecule has 0 aliphatic carbocycles. The third kappa shape index (κ3) is 4.04. The number of aryl methyl sites for hydroxylation is 1. The first kappa shape index (κ1) is 17.1. The Morgan fingerprint density at radius 2 is 1.96 bits per heavy atom. The predicted molar refractivity (Wildman–Crippen MR) is 97.4 cm³/mol. The van der Waals surface area contributed by atoms with Gasteiger partial charge in [0, 0.05) is 26.2 Å². The summed E-state index contributed by atoms with van der Waals surface area (Å²) in [6.45, 7) is 5.21. The first-order chi connectivity index (χ1) is 11.6. The number of carbonyl (C=O) groups is 1. The summed E-state index contributed by atoms with van der Waals surface area (Å²) in [5, 5.41) is 15.8. The van der Waals surface area contributed by atoms with Crippen LogP contribution in [-0.2, 0) is 5.60 Å². The average molecular weight is 344 g/mol. The summed E-state index contributed by atoms with van der Waals surface area (Å²) in [7, 11) is 0. The van der Waals surface area contributed by atoms with Crippen molar-refractivity contribution in [2.75, 3.05) is 26.2 Å². The molecule has 0 saturated carbocycles. The molecule has 24 heavy (non-hydrogen) atoms. The number of hydrogen-bond donors (Lipinski definition) is 2. The third-order valence-corrected chi connectivity index (χ3v) is 5.60. The van der Waals surface area contributed by atoms with Crippen LogP contribution >= 0.6 is 11.3 Å². The van der Waals surface area contributed by atoms with Gasteiger partial charge in [-0.05, 0) is 36.8 Å². The maximum Gasteiger partial charge on any atom is 0.261 e. The van der Waals surface area contributed by atoms with E-state index < -0.39 is 5.60 Å². The van der Waals surface area contributed by atoms with Crippen LogP contribution in [0.3, 0.4) is 0 Å². The number of rotatable bonds is 5. The Bertz CT molecular complexity index is 659. The van der Waals surface area contributed by atoms with Gasteiger partial charge in [-0.15, -0.1) is 11.3 Å². The summed E-state index contributed by atoms with van der Waals surface area (Å²) in [6, 6.07) is 11.9. The molecule has 0 atom stereocenters. The van der Waals surface area contributed by atoms with E-state index in [4.69, 9.17) is 0 Å². The van der Waals surface area contributed by atoms with Gasteiger partial charge < -0.3 is 15.3 Å². The van der Waals surface area contributed by atoms with Crippen molar-refractivity contribution < 1.29 is 9.90 Å². The second-order valence-corrected chi connectivity index (χ2v) is 7.42. The number of likely N-dealkylation sites (tertiary alicyclic amines) is 1. The predicted octanol–water partition coefficient (Wildman–Crippen LogP) is 2.77. The number of hydrogen-bond acceptors (Lipinski definition) is 4. The molecule has 2 heterocycles. The molecule has 4 nitrogen and oxygen atoms in total. The van der Waals surface area contributed by atoms with Gasteiger partial charge in [0.05, 0.1) is 10.5 Å². The lowest BCUT2D eigenvalue weighted by Gasteiger charge is -2.38. The van der Waals surface area contributed by atoms with Crippen LogP contribution in [0.4, 0.5) is 0 Å². The molecular formula is C19H24N2O2S. The second-order valence-electron chi connectivity index (χ2n) is 6.47. The van der Waals surface area contributed by atoms with E-state index in [9.17, 15) is 9.90 Å². The van der Waals surface area contributed by atoms with E-state index in [0.717, 1.165) is 42.9 Å². The molecular weight excluding hydrogens is 320 g/mol. The first-order valence-electron chi connectivity index (χ1n) is 8.40. The van der Waals surface area contributed by atoms with Crippen LogP contribution in [0.25, 0.3) is 0 Å². The molecule has 0 radical (unpaired) electrons. The van der Waals surface area contributed by atoms with Crippen molar-refractivity contribution in [3.05, 3.63) is 57.8 Å². The van der Waals surface area contributed by atoms with Crippen LogP contribution in [0.5, 0.6) is 0 Å². The number of thiophene rings is 1. The van der Waals surface area contributed by atoms with Crippen molar-refractivity contribution in [3.8, 4) is 0 Å². The van der Waals surface area contributed by atoms with Gasteiger partial charge in [-0.25, -0.2) is 0 Å². The highest BCUT2D eigenvalue weighted by atomic mass is 32.1. The van der Waals surface area contributed by atoms with Gasteiger partial charge in [0.15, 0.2) is 0 Å². The fourth-order valence-electron chi connectivity index (χ4n) is 3.12. The van der Waals surface area contributed by atoms with Crippen LogP contribution in [0.15, 0.2) is 41.8 Å². The Morgan fingerprint density at radius 3 is 2.58 bits per heavy atom. The van der Waals surface area contributed by atoms with Crippen molar-refractivity contribution in [2.24, 2.45) is 0 Å². The summed E-state index contributed by atoms with van der Waals surface area (Å²) in [6.07, 6.45) is 1.46. The normalized spacial score (nSPS) is 17.6. The standard InChI is InChI=1S/C19H24N2O2S/c1-15-4-6-16(7-5-15)19(23)8-11-21(12-9-19)13-10-20-18(22)17-3-2-14-24-17/h2-7,14,23H,8-13H2,1H3,(H,20,22). The zero-order chi connectivity index (χ0) is 17.0. The molecule has 1 amide bonds. The van der Waals surface area contributed by atoms with E-state index >= 15 is 0 Å². The molecule has 2 N–H and O–H groups in total. The lowest BCUT2D eigenvalue weighted by Crippen LogP contribution is -2.45. The van der Waals surface area contributed by atoms with E-state index in [2.05, 4.69) is 29.3 Å². The van der Waals surface area contributed by atoms with Gasteiger partial charge >= 0.3 is 0 Å². The molecule has 1 saturated heterocycles. The minimum Gasteiger partial charge on any atom is -0.385 e. The highest BCUT2D eigenvalue weighted by Crippen LogP contribution is 2.32. The lowest BCUT2D eigenvalue weighted by molar-refractivity contribution is -0.0255. The van der Waals surface area contributed by atoms with E-state index in [1.807, 2.05) is 29.6 Å². The molecule has 1 aliphatic heterocycles. The summed E-state index contributed by atoms with van der Waals surface area (Å²) >= 11 is 1.46. The highest BCUT2D eigenvalue weighted by Gasteiger charge is 2.33. The Hall–Kier alpha value is -1.69. The number of nitrogens with zero attached hydrogens (tertiary/aromatic N) is 1. The Labute approximate surface area is 147 Å². The largest absolute Gasteiger partial charge is 0.385 e. The Morgan fingerprint density at radius 1 is 1.25 bits per heavy atom. The number of benzene rings is 1. The quantitative estimate of drug-likeness (QED) is 0.877. The van der Waals surface area contributed by atoms with Crippen molar-refractivity contribution in [1.82, 2.24) is 10.2 Å². The molecule has 0 unspecified atom stereocenters. The van der Waals surface area contributed by atoms with Crippen molar-refractivity contribution in [2.45, 2.75) is 25.4 Å². The number of piperidine rings is 1. The molecule has 1 aromatic carbocycles. The minimum atomic E-state index is -0.718. The van der Waals surface area contributed by atoms with Gasteiger partial charge in [0.25, 0.3) is 5.91 Å². The van der Waals surface area contributed by atoms with Gasteiger partial charge in [0.1, 0.15) is 0 Å². The fraction of sp³-hybridized carbons (Fsp3) is 0.421. The highest BCUT2D eigenvalue weighted by molar-refractivity contribution is 7.12. The van der Waals surface area contributed by atoms with Crippen LogP contribution in [-0.4, -0.2) is 42.1 Å². The molecule has 5 heteroatoms. The van der Waals surface area contributed by atoms with E-state index in [0.29, 0.717) is 6.54 Å². The van der Waals surface area contributed by atoms with Crippen LogP contribution < -0.4 is 5.32 Å². The second kappa shape index (κ2) is 7.47. The number of aliphatic hydroxyl groups is 1. The van der Waals surface area contributed by atoms with E-state index in [1.165, 1.54) is 16.9 Å². The van der Waals surface area contributed by atoms with E-state index in [1.54, 1.807) is 0 Å². The molecule has 3 rings (SSSR count). The zero-order valence-corrected chi connectivity index (χ0v) is 14.8. The Kier molecular flexibility index (Phi) is 5.33. The summed E-state index contributed by atoms with van der Waals surface area (Å²) in [5.41, 5.74) is 1.50. The molecule has 1 fully saturated rings. The van der Waals surface area contributed by atoms with Crippen LogP contribution in [0.2, 0.25) is 0 Å². The number of nitrogens with one attached hydrogen (secondary N) is 1. The number of amides is 1. The van der Waals surface area contributed by atoms with Crippen LogP contribution in [0.1, 0.15) is 33.6 Å². The first-order valence-corrected chi connectivity index (χ1v) is 9.28. The summed E-state index contributed by atoms with van der Waals surface area (Å²) in [5.74, 6) is -0.00169. The van der Waals surface area contributed by atoms with Crippen molar-refractivity contribution in [1.29, 1.82) is 0 Å². The molecule has 0 spiro atoms. The topological polar surface area (TPSA) is 52.6 Å². The summed E-state index contributed by atoms with van der Waals surface area (Å²) in [4.78, 5) is 15.0. The third-order valence-electron chi connectivity index (χ3n) is 4.73. The Balaban J connectivity index is 1.45. The van der Waals surface area contributed by atoms with Crippen molar-refractivity contribution >= 4 is 17.2 Å². The smallest absolute Gasteiger partial charge is 0.261 e. The maximum absolute atomic E-state index is 11.9. The average Bonchev–Trinajstić information content (AvgIpc) is 3.12. The molecule has 2 aromatic rings. The SMILES string of the molecule is Cc1ccc(C2(O)CCN(CCNC(=O)c3cccs3)CC2)cc1. The van der Waals surface area contributed by atoms with Crippen molar-refractivity contribution in [3.63, 3.8) is 0 Å². The maximum atomic E-state index is 11.9. The van der Waals surface area contributed by atoms with E-state index in [-0.39, 0.29) is 5.91 Å². The van der Waals surface area contributed by atoms with Gasteiger partial charge in [-0.2, -0.15) is 0 Å². The van der Waals surface area contributed by atoms with Gasteiger partial charge in [-0.1, -0.05) is 35.9 Å². The van der Waals surface area contributed by atoms with Gasteiger partial charge in [-0.3, -0.25) is 4.79 Å². The minimum absolute atomic E-state index is 0.00169. The monoisotopic (exact) mass is 344 g/mol. The van der Waals surface area contributed by atoms with Gasteiger partial charge in [0.2, 0.25) is 0 Å². The molecule has 128 valence electrons.